The molecule has 6 nitrogen and oxygen atoms in total. The normalized spacial score (nSPS) is 14.7. The van der Waals surface area contributed by atoms with Crippen LogP contribution < -0.4 is 11.0 Å². The lowest BCUT2D eigenvalue weighted by Crippen LogP contribution is -2.30. The molecule has 0 saturated carbocycles. The summed E-state index contributed by atoms with van der Waals surface area (Å²) in [6.07, 6.45) is -0.839. The van der Waals surface area contributed by atoms with E-state index >= 15 is 0 Å². The Morgan fingerprint density at radius 3 is 2.56 bits per heavy atom. The lowest BCUT2D eigenvalue weighted by molar-refractivity contribution is -0.137. The fourth-order valence-corrected chi connectivity index (χ4v) is 2.81. The first-order valence-corrected chi connectivity index (χ1v) is 7.98. The van der Waals surface area contributed by atoms with Crippen molar-refractivity contribution >= 4 is 11.6 Å². The average molecular weight is 354 g/mol. The van der Waals surface area contributed by atoms with Gasteiger partial charge in [0.05, 0.1) is 5.56 Å². The Kier molecular flexibility index (Phi) is 4.65. The van der Waals surface area contributed by atoms with Crippen molar-refractivity contribution in [3.63, 3.8) is 0 Å². The highest BCUT2D eigenvalue weighted by molar-refractivity contribution is 5.90. The number of amides is 1. The Hall–Kier alpha value is -2.58. The molecule has 3 rings (SSSR count). The van der Waals surface area contributed by atoms with Gasteiger partial charge in [0.15, 0.2) is 0 Å². The van der Waals surface area contributed by atoms with Crippen LogP contribution in [0.2, 0.25) is 0 Å². The second kappa shape index (κ2) is 6.73. The number of nitrogens with one attached hydrogen (secondary N) is 1. The minimum Gasteiger partial charge on any atom is -0.324 e. The zero-order valence-electron chi connectivity index (χ0n) is 13.3. The third-order valence-electron chi connectivity index (χ3n) is 4.07. The highest BCUT2D eigenvalue weighted by atomic mass is 19.4. The fraction of sp³-hybridized carbons (Fsp3) is 0.438. The smallest absolute Gasteiger partial charge is 0.324 e. The molecule has 25 heavy (non-hydrogen) atoms. The lowest BCUT2D eigenvalue weighted by Gasteiger charge is -2.08. The number of alkyl halides is 3. The molecule has 2 aromatic rings. The number of nitrogens with zero attached hydrogens (tertiary/aromatic N) is 3. The van der Waals surface area contributed by atoms with Crippen molar-refractivity contribution in [2.45, 2.75) is 44.9 Å². The van der Waals surface area contributed by atoms with Gasteiger partial charge in [-0.1, -0.05) is 6.42 Å². The lowest BCUT2D eigenvalue weighted by atomic mass is 10.2. The summed E-state index contributed by atoms with van der Waals surface area (Å²) in [5.41, 5.74) is -0.897. The Morgan fingerprint density at radius 2 is 1.88 bits per heavy atom. The van der Waals surface area contributed by atoms with Crippen LogP contribution in [0.1, 0.15) is 30.7 Å². The number of hydrogen-bond donors (Lipinski definition) is 1. The molecule has 134 valence electrons. The number of carbonyl (C=O) groups excluding carboxylic acids is 1. The third kappa shape index (κ3) is 3.92. The van der Waals surface area contributed by atoms with Crippen molar-refractivity contribution in [3.05, 3.63) is 46.1 Å². The van der Waals surface area contributed by atoms with E-state index in [-0.39, 0.29) is 17.9 Å². The number of anilines is 1. The van der Waals surface area contributed by atoms with Crippen molar-refractivity contribution in [3.8, 4) is 0 Å². The number of aromatic nitrogens is 3. The van der Waals surface area contributed by atoms with E-state index in [0.29, 0.717) is 18.8 Å². The van der Waals surface area contributed by atoms with Crippen LogP contribution in [-0.2, 0) is 30.5 Å². The first kappa shape index (κ1) is 17.2. The van der Waals surface area contributed by atoms with Gasteiger partial charge in [-0.2, -0.15) is 18.3 Å². The molecule has 0 saturated heterocycles. The van der Waals surface area contributed by atoms with Crippen LogP contribution in [0.3, 0.4) is 0 Å². The second-order valence-corrected chi connectivity index (χ2v) is 5.94. The Morgan fingerprint density at radius 1 is 1.16 bits per heavy atom. The molecule has 1 aromatic carbocycles. The van der Waals surface area contributed by atoms with E-state index in [0.717, 1.165) is 36.1 Å². The first-order chi connectivity index (χ1) is 11.8. The summed E-state index contributed by atoms with van der Waals surface area (Å²) in [4.78, 5) is 24.3. The van der Waals surface area contributed by atoms with Gasteiger partial charge in [-0.05, 0) is 37.1 Å². The van der Waals surface area contributed by atoms with Crippen molar-refractivity contribution in [2.24, 2.45) is 0 Å². The standard InChI is InChI=1S/C16H17F3N4O2/c17-16(18,19)11-5-7-12(8-6-11)20-14(24)10-23-15(25)22-9-3-1-2-4-13(22)21-23/h5-8H,1-4,9-10H2,(H,20,24). The van der Waals surface area contributed by atoms with E-state index in [1.54, 1.807) is 4.57 Å². The van der Waals surface area contributed by atoms with E-state index < -0.39 is 17.6 Å². The number of rotatable bonds is 3. The van der Waals surface area contributed by atoms with Crippen molar-refractivity contribution in [1.82, 2.24) is 14.3 Å². The van der Waals surface area contributed by atoms with Gasteiger partial charge in [0, 0.05) is 18.7 Å². The Balaban J connectivity index is 1.68. The van der Waals surface area contributed by atoms with E-state index in [2.05, 4.69) is 10.4 Å². The molecular formula is C16H17F3N4O2. The summed E-state index contributed by atoms with van der Waals surface area (Å²) in [5, 5.41) is 6.67. The van der Waals surface area contributed by atoms with Gasteiger partial charge in [-0.25, -0.2) is 9.48 Å². The second-order valence-electron chi connectivity index (χ2n) is 5.94. The molecule has 0 atom stereocenters. The van der Waals surface area contributed by atoms with Crippen molar-refractivity contribution < 1.29 is 18.0 Å². The molecule has 0 spiro atoms. The minimum atomic E-state index is -4.43. The predicted octanol–water partition coefficient (Wildman–Crippen LogP) is 2.43. The summed E-state index contributed by atoms with van der Waals surface area (Å²) in [6.45, 7) is 0.314. The molecule has 1 aliphatic rings. The molecule has 0 aliphatic carbocycles. The van der Waals surface area contributed by atoms with Crippen LogP contribution >= 0.6 is 0 Å². The van der Waals surface area contributed by atoms with Crippen LogP contribution in [0.4, 0.5) is 18.9 Å². The summed E-state index contributed by atoms with van der Waals surface area (Å²) in [5.74, 6) is 0.153. The molecule has 9 heteroatoms. The third-order valence-corrected chi connectivity index (χ3v) is 4.07. The number of fused-ring (bicyclic) bond motifs is 1. The number of benzene rings is 1. The zero-order valence-corrected chi connectivity index (χ0v) is 13.3. The molecule has 1 aromatic heterocycles. The molecule has 1 aliphatic heterocycles. The van der Waals surface area contributed by atoms with Crippen LogP contribution in [-0.4, -0.2) is 20.3 Å². The first-order valence-electron chi connectivity index (χ1n) is 7.98. The monoisotopic (exact) mass is 354 g/mol. The summed E-state index contributed by atoms with van der Waals surface area (Å²) < 4.78 is 40.2. The van der Waals surface area contributed by atoms with E-state index in [1.807, 2.05) is 0 Å². The quantitative estimate of drug-likeness (QED) is 0.920. The fourth-order valence-electron chi connectivity index (χ4n) is 2.81. The van der Waals surface area contributed by atoms with E-state index in [1.165, 1.54) is 12.1 Å². The summed E-state index contributed by atoms with van der Waals surface area (Å²) in [7, 11) is 0. The van der Waals surface area contributed by atoms with E-state index in [9.17, 15) is 22.8 Å². The molecule has 0 fully saturated rings. The summed E-state index contributed by atoms with van der Waals surface area (Å²) in [6, 6.07) is 4.12. The SMILES string of the molecule is O=C(Cn1nc2n(c1=O)CCCCC2)Nc1ccc(C(F)(F)F)cc1. The van der Waals surface area contributed by atoms with Gasteiger partial charge in [0.1, 0.15) is 12.4 Å². The summed E-state index contributed by atoms with van der Waals surface area (Å²) >= 11 is 0. The van der Waals surface area contributed by atoms with E-state index in [4.69, 9.17) is 0 Å². The molecule has 0 bridgehead atoms. The maximum atomic E-state index is 12.5. The Bertz CT molecular complexity index is 821. The van der Waals surface area contributed by atoms with Gasteiger partial charge in [-0.15, -0.1) is 0 Å². The van der Waals surface area contributed by atoms with Crippen LogP contribution in [0, 0.1) is 0 Å². The maximum absolute atomic E-state index is 12.5. The number of halogens is 3. The minimum absolute atomic E-state index is 0.229. The highest BCUT2D eigenvalue weighted by Gasteiger charge is 2.30. The highest BCUT2D eigenvalue weighted by Crippen LogP contribution is 2.29. The van der Waals surface area contributed by atoms with Crippen molar-refractivity contribution in [1.29, 1.82) is 0 Å². The molecule has 1 N–H and O–H groups in total. The number of aryl methyl sites for hydroxylation is 1. The number of carbonyl (C=O) groups is 1. The van der Waals surface area contributed by atoms with Crippen LogP contribution in [0.5, 0.6) is 0 Å². The van der Waals surface area contributed by atoms with Crippen LogP contribution in [0.15, 0.2) is 29.1 Å². The number of hydrogen-bond acceptors (Lipinski definition) is 3. The van der Waals surface area contributed by atoms with Crippen LogP contribution in [0.25, 0.3) is 0 Å². The van der Waals surface area contributed by atoms with Gasteiger partial charge in [0.25, 0.3) is 0 Å². The molecular weight excluding hydrogens is 337 g/mol. The predicted molar refractivity (Wildman–Crippen MR) is 84.1 cm³/mol. The van der Waals surface area contributed by atoms with Gasteiger partial charge in [0.2, 0.25) is 5.91 Å². The molecule has 2 heterocycles. The average Bonchev–Trinajstić information content (AvgIpc) is 2.73. The molecule has 1 amide bonds. The topological polar surface area (TPSA) is 68.9 Å². The van der Waals surface area contributed by atoms with Gasteiger partial charge < -0.3 is 5.32 Å². The zero-order chi connectivity index (χ0) is 18.0. The molecule has 0 unspecified atom stereocenters. The Labute approximate surface area is 141 Å². The van der Waals surface area contributed by atoms with Gasteiger partial charge >= 0.3 is 11.9 Å². The van der Waals surface area contributed by atoms with Gasteiger partial charge in [-0.3, -0.25) is 9.36 Å². The largest absolute Gasteiger partial charge is 0.416 e. The maximum Gasteiger partial charge on any atom is 0.416 e. The van der Waals surface area contributed by atoms with Crippen molar-refractivity contribution in [2.75, 3.05) is 5.32 Å². The molecule has 0 radical (unpaired) electrons.